The Hall–Kier alpha value is -1.79. The van der Waals surface area contributed by atoms with Crippen LogP contribution in [0.4, 0.5) is 0 Å². The second kappa shape index (κ2) is 5.03. The van der Waals surface area contributed by atoms with Gasteiger partial charge in [0, 0.05) is 0 Å². The second-order valence-electron chi connectivity index (χ2n) is 3.59. The van der Waals surface area contributed by atoms with Crippen LogP contribution < -0.4 is 4.74 Å². The molecule has 0 amide bonds. The first-order chi connectivity index (χ1) is 8.22. The standard InChI is InChI=1S/C14H10BrNO/c1-10-5-4-8-13(11(10)9-16)17-14-7-3-2-6-12(14)15/h2-8H,1H3. The first kappa shape index (κ1) is 11.7. The summed E-state index contributed by atoms with van der Waals surface area (Å²) in [4.78, 5) is 0. The van der Waals surface area contributed by atoms with Gasteiger partial charge in [0.25, 0.3) is 0 Å². The largest absolute Gasteiger partial charge is 0.455 e. The van der Waals surface area contributed by atoms with E-state index in [0.29, 0.717) is 17.1 Å². The third kappa shape index (κ3) is 2.48. The average Bonchev–Trinajstić information content (AvgIpc) is 2.32. The van der Waals surface area contributed by atoms with Gasteiger partial charge in [0.15, 0.2) is 0 Å². The smallest absolute Gasteiger partial charge is 0.145 e. The third-order valence-electron chi connectivity index (χ3n) is 2.40. The lowest BCUT2D eigenvalue weighted by atomic mass is 10.1. The average molecular weight is 288 g/mol. The maximum absolute atomic E-state index is 9.10. The van der Waals surface area contributed by atoms with Gasteiger partial charge in [-0.1, -0.05) is 24.3 Å². The summed E-state index contributed by atoms with van der Waals surface area (Å²) in [6, 6.07) is 15.3. The van der Waals surface area contributed by atoms with Crippen LogP contribution in [0.15, 0.2) is 46.9 Å². The van der Waals surface area contributed by atoms with Gasteiger partial charge in [-0.15, -0.1) is 0 Å². The molecular weight excluding hydrogens is 278 g/mol. The Bertz CT molecular complexity index is 587. The zero-order chi connectivity index (χ0) is 12.3. The van der Waals surface area contributed by atoms with Gasteiger partial charge < -0.3 is 4.74 Å². The van der Waals surface area contributed by atoms with Crippen LogP contribution in [0.25, 0.3) is 0 Å². The molecule has 0 unspecified atom stereocenters. The van der Waals surface area contributed by atoms with Crippen molar-refractivity contribution in [3.05, 3.63) is 58.1 Å². The highest BCUT2D eigenvalue weighted by molar-refractivity contribution is 9.10. The van der Waals surface area contributed by atoms with Crippen LogP contribution in [-0.4, -0.2) is 0 Å². The summed E-state index contributed by atoms with van der Waals surface area (Å²) >= 11 is 3.41. The highest BCUT2D eigenvalue weighted by Crippen LogP contribution is 2.31. The van der Waals surface area contributed by atoms with E-state index >= 15 is 0 Å². The van der Waals surface area contributed by atoms with Crippen LogP contribution in [-0.2, 0) is 0 Å². The van der Waals surface area contributed by atoms with E-state index in [-0.39, 0.29) is 0 Å². The summed E-state index contributed by atoms with van der Waals surface area (Å²) in [7, 11) is 0. The van der Waals surface area contributed by atoms with Crippen molar-refractivity contribution < 1.29 is 4.74 Å². The van der Waals surface area contributed by atoms with Crippen molar-refractivity contribution >= 4 is 15.9 Å². The van der Waals surface area contributed by atoms with E-state index in [9.17, 15) is 0 Å². The van der Waals surface area contributed by atoms with E-state index in [1.807, 2.05) is 43.3 Å². The van der Waals surface area contributed by atoms with E-state index in [0.717, 1.165) is 10.0 Å². The number of benzene rings is 2. The highest BCUT2D eigenvalue weighted by atomic mass is 79.9. The second-order valence-corrected chi connectivity index (χ2v) is 4.45. The molecule has 3 heteroatoms. The zero-order valence-electron chi connectivity index (χ0n) is 9.27. The van der Waals surface area contributed by atoms with Crippen molar-refractivity contribution in [3.63, 3.8) is 0 Å². The van der Waals surface area contributed by atoms with Crippen LogP contribution in [0.2, 0.25) is 0 Å². The molecule has 0 aromatic heterocycles. The number of ether oxygens (including phenoxy) is 1. The molecule has 0 spiro atoms. The minimum atomic E-state index is 0.572. The fourth-order valence-corrected chi connectivity index (χ4v) is 1.88. The molecule has 2 aromatic carbocycles. The maximum Gasteiger partial charge on any atom is 0.145 e. The van der Waals surface area contributed by atoms with Crippen molar-refractivity contribution in [1.29, 1.82) is 5.26 Å². The first-order valence-corrected chi connectivity index (χ1v) is 5.94. The minimum absolute atomic E-state index is 0.572. The number of aryl methyl sites for hydroxylation is 1. The van der Waals surface area contributed by atoms with Crippen molar-refractivity contribution in [1.82, 2.24) is 0 Å². The Morgan fingerprint density at radius 2 is 1.76 bits per heavy atom. The van der Waals surface area contributed by atoms with Crippen LogP contribution in [0.1, 0.15) is 11.1 Å². The number of hydrogen-bond donors (Lipinski definition) is 0. The van der Waals surface area contributed by atoms with Crippen LogP contribution in [0.5, 0.6) is 11.5 Å². The molecular formula is C14H10BrNO. The molecule has 0 fully saturated rings. The van der Waals surface area contributed by atoms with Crippen LogP contribution in [0.3, 0.4) is 0 Å². The number of para-hydroxylation sites is 1. The minimum Gasteiger partial charge on any atom is -0.455 e. The highest BCUT2D eigenvalue weighted by Gasteiger charge is 2.08. The van der Waals surface area contributed by atoms with Crippen molar-refractivity contribution in [2.75, 3.05) is 0 Å². The predicted molar refractivity (Wildman–Crippen MR) is 70.1 cm³/mol. The fraction of sp³-hybridized carbons (Fsp3) is 0.0714. The van der Waals surface area contributed by atoms with Gasteiger partial charge in [-0.3, -0.25) is 0 Å². The van der Waals surface area contributed by atoms with Crippen molar-refractivity contribution in [2.45, 2.75) is 6.92 Å². The molecule has 2 rings (SSSR count). The Labute approximate surface area is 109 Å². The number of nitrogens with zero attached hydrogens (tertiary/aromatic N) is 1. The number of nitriles is 1. The topological polar surface area (TPSA) is 33.0 Å². The van der Waals surface area contributed by atoms with E-state index in [2.05, 4.69) is 22.0 Å². The predicted octanol–water partition coefficient (Wildman–Crippen LogP) is 4.42. The molecule has 0 radical (unpaired) electrons. The quantitative estimate of drug-likeness (QED) is 0.819. The summed E-state index contributed by atoms with van der Waals surface area (Å²) < 4.78 is 6.61. The molecule has 0 saturated heterocycles. The van der Waals surface area contributed by atoms with E-state index in [1.165, 1.54) is 0 Å². The van der Waals surface area contributed by atoms with E-state index in [1.54, 1.807) is 6.07 Å². The molecule has 0 aliphatic rings. The molecule has 2 aromatic rings. The lowest BCUT2D eigenvalue weighted by molar-refractivity contribution is 0.477. The first-order valence-electron chi connectivity index (χ1n) is 5.14. The molecule has 17 heavy (non-hydrogen) atoms. The van der Waals surface area contributed by atoms with Gasteiger partial charge in [0.05, 0.1) is 10.0 Å². The van der Waals surface area contributed by atoms with Gasteiger partial charge in [-0.25, -0.2) is 0 Å². The monoisotopic (exact) mass is 287 g/mol. The molecule has 0 saturated carbocycles. The van der Waals surface area contributed by atoms with E-state index < -0.39 is 0 Å². The number of halogens is 1. The Kier molecular flexibility index (Phi) is 3.46. The maximum atomic E-state index is 9.10. The van der Waals surface area contributed by atoms with Gasteiger partial charge in [0.2, 0.25) is 0 Å². The molecule has 2 nitrogen and oxygen atoms in total. The van der Waals surface area contributed by atoms with Crippen molar-refractivity contribution in [2.24, 2.45) is 0 Å². The zero-order valence-corrected chi connectivity index (χ0v) is 10.9. The van der Waals surface area contributed by atoms with Gasteiger partial charge in [-0.2, -0.15) is 5.26 Å². The molecule has 0 bridgehead atoms. The van der Waals surface area contributed by atoms with Crippen LogP contribution in [0, 0.1) is 18.3 Å². The van der Waals surface area contributed by atoms with Gasteiger partial charge in [0.1, 0.15) is 17.6 Å². The Morgan fingerprint density at radius 3 is 2.47 bits per heavy atom. The third-order valence-corrected chi connectivity index (χ3v) is 3.06. The molecule has 84 valence electrons. The normalized spacial score (nSPS) is 9.71. The lowest BCUT2D eigenvalue weighted by Crippen LogP contribution is -1.91. The van der Waals surface area contributed by atoms with Crippen molar-refractivity contribution in [3.8, 4) is 17.6 Å². The summed E-state index contributed by atoms with van der Waals surface area (Å²) in [6.07, 6.45) is 0. The van der Waals surface area contributed by atoms with Gasteiger partial charge >= 0.3 is 0 Å². The lowest BCUT2D eigenvalue weighted by Gasteiger charge is -2.10. The number of rotatable bonds is 2. The van der Waals surface area contributed by atoms with Crippen LogP contribution >= 0.6 is 15.9 Å². The SMILES string of the molecule is Cc1cccc(Oc2ccccc2Br)c1C#N. The molecule has 0 N–H and O–H groups in total. The fourth-order valence-electron chi connectivity index (χ4n) is 1.52. The molecule has 0 heterocycles. The summed E-state index contributed by atoms with van der Waals surface area (Å²) in [6.45, 7) is 1.89. The summed E-state index contributed by atoms with van der Waals surface area (Å²) in [5, 5.41) is 9.10. The molecule has 0 atom stereocenters. The Morgan fingerprint density at radius 1 is 1.06 bits per heavy atom. The summed E-state index contributed by atoms with van der Waals surface area (Å²) in [5.41, 5.74) is 1.49. The summed E-state index contributed by atoms with van der Waals surface area (Å²) in [5.74, 6) is 1.29. The molecule has 0 aliphatic carbocycles. The van der Waals surface area contributed by atoms with E-state index in [4.69, 9.17) is 10.00 Å². The van der Waals surface area contributed by atoms with Gasteiger partial charge in [-0.05, 0) is 46.6 Å². The Balaban J connectivity index is 2.41. The number of hydrogen-bond acceptors (Lipinski definition) is 2. The molecule has 0 aliphatic heterocycles.